The van der Waals surface area contributed by atoms with Crippen molar-refractivity contribution in [2.45, 2.75) is 0 Å². The molecule has 2 aromatic carbocycles. The van der Waals surface area contributed by atoms with Gasteiger partial charge in [0.25, 0.3) is 0 Å². The zero-order valence-electron chi connectivity index (χ0n) is 13.0. The SMILES string of the molecule is COc1cc(NC(=S)Nc2cccc(Cl)c2)cc(OC)c1OC. The van der Waals surface area contributed by atoms with Crippen LogP contribution in [0.4, 0.5) is 11.4 Å². The first-order chi connectivity index (χ1) is 11.1. The normalized spacial score (nSPS) is 9.91. The Labute approximate surface area is 145 Å². The first kappa shape index (κ1) is 17.2. The summed E-state index contributed by atoms with van der Waals surface area (Å²) in [4.78, 5) is 0. The second kappa shape index (κ2) is 7.89. The van der Waals surface area contributed by atoms with Gasteiger partial charge in [-0.25, -0.2) is 0 Å². The number of rotatable bonds is 5. The van der Waals surface area contributed by atoms with Crippen LogP contribution in [0.15, 0.2) is 36.4 Å². The number of ether oxygens (including phenoxy) is 3. The average molecular weight is 353 g/mol. The number of nitrogens with one attached hydrogen (secondary N) is 2. The number of halogens is 1. The molecule has 0 radical (unpaired) electrons. The molecule has 23 heavy (non-hydrogen) atoms. The molecule has 2 rings (SSSR count). The average Bonchev–Trinajstić information content (AvgIpc) is 2.53. The molecule has 7 heteroatoms. The quantitative estimate of drug-likeness (QED) is 0.787. The van der Waals surface area contributed by atoms with E-state index in [0.29, 0.717) is 33.1 Å². The van der Waals surface area contributed by atoms with Gasteiger partial charge in [-0.2, -0.15) is 0 Å². The fourth-order valence-electron chi connectivity index (χ4n) is 2.01. The van der Waals surface area contributed by atoms with E-state index in [-0.39, 0.29) is 0 Å². The first-order valence-electron chi connectivity index (χ1n) is 6.71. The van der Waals surface area contributed by atoms with Crippen LogP contribution in [0.3, 0.4) is 0 Å². The van der Waals surface area contributed by atoms with Crippen LogP contribution < -0.4 is 24.8 Å². The van der Waals surface area contributed by atoms with Gasteiger partial charge in [0.15, 0.2) is 16.6 Å². The molecule has 122 valence electrons. The smallest absolute Gasteiger partial charge is 0.203 e. The van der Waals surface area contributed by atoms with E-state index < -0.39 is 0 Å². The van der Waals surface area contributed by atoms with Crippen molar-refractivity contribution in [2.75, 3.05) is 32.0 Å². The molecule has 5 nitrogen and oxygen atoms in total. The molecule has 0 unspecified atom stereocenters. The maximum Gasteiger partial charge on any atom is 0.203 e. The third-order valence-corrected chi connectivity index (χ3v) is 3.44. The van der Waals surface area contributed by atoms with E-state index in [0.717, 1.165) is 5.69 Å². The van der Waals surface area contributed by atoms with E-state index >= 15 is 0 Å². The molecule has 0 atom stereocenters. The maximum absolute atomic E-state index is 5.95. The van der Waals surface area contributed by atoms with Crippen LogP contribution >= 0.6 is 23.8 Å². The van der Waals surface area contributed by atoms with Crippen molar-refractivity contribution < 1.29 is 14.2 Å². The van der Waals surface area contributed by atoms with E-state index in [1.54, 1.807) is 45.6 Å². The van der Waals surface area contributed by atoms with Crippen molar-refractivity contribution in [2.24, 2.45) is 0 Å². The number of anilines is 2. The highest BCUT2D eigenvalue weighted by atomic mass is 35.5. The summed E-state index contributed by atoms with van der Waals surface area (Å²) >= 11 is 11.3. The molecule has 0 saturated carbocycles. The predicted molar refractivity (Wildman–Crippen MR) is 97.4 cm³/mol. The fraction of sp³-hybridized carbons (Fsp3) is 0.188. The van der Waals surface area contributed by atoms with Gasteiger partial charge in [0.1, 0.15) is 0 Å². The Balaban J connectivity index is 2.17. The van der Waals surface area contributed by atoms with Gasteiger partial charge in [0.05, 0.1) is 21.3 Å². The van der Waals surface area contributed by atoms with Crippen LogP contribution in [0.2, 0.25) is 5.02 Å². The zero-order valence-corrected chi connectivity index (χ0v) is 14.5. The second-order valence-corrected chi connectivity index (χ2v) is 5.35. The minimum Gasteiger partial charge on any atom is -0.493 e. The van der Waals surface area contributed by atoms with Crippen LogP contribution in [0.25, 0.3) is 0 Å². The van der Waals surface area contributed by atoms with E-state index in [2.05, 4.69) is 10.6 Å². The lowest BCUT2D eigenvalue weighted by Crippen LogP contribution is -2.19. The van der Waals surface area contributed by atoms with Crippen LogP contribution in [-0.4, -0.2) is 26.4 Å². The topological polar surface area (TPSA) is 51.8 Å². The predicted octanol–water partition coefficient (Wildman–Crippen LogP) is 4.17. The minimum atomic E-state index is 0.418. The summed E-state index contributed by atoms with van der Waals surface area (Å²) in [5, 5.41) is 7.18. The number of benzene rings is 2. The van der Waals surface area contributed by atoms with Gasteiger partial charge in [-0.05, 0) is 30.4 Å². The van der Waals surface area contributed by atoms with Crippen molar-refractivity contribution in [3.63, 3.8) is 0 Å². The molecule has 0 bridgehead atoms. The summed E-state index contributed by atoms with van der Waals surface area (Å²) in [6.07, 6.45) is 0. The highest BCUT2D eigenvalue weighted by Gasteiger charge is 2.13. The fourth-order valence-corrected chi connectivity index (χ4v) is 2.44. The van der Waals surface area contributed by atoms with Gasteiger partial charge in [-0.3, -0.25) is 0 Å². The summed E-state index contributed by atoms with van der Waals surface area (Å²) < 4.78 is 15.9. The lowest BCUT2D eigenvalue weighted by atomic mass is 10.2. The Morgan fingerprint density at radius 1 is 0.913 bits per heavy atom. The first-order valence-corrected chi connectivity index (χ1v) is 7.49. The highest BCUT2D eigenvalue weighted by molar-refractivity contribution is 7.80. The molecule has 2 N–H and O–H groups in total. The van der Waals surface area contributed by atoms with Gasteiger partial charge >= 0.3 is 0 Å². The Morgan fingerprint density at radius 3 is 2.04 bits per heavy atom. The van der Waals surface area contributed by atoms with Gasteiger partial charge in [0, 0.05) is 28.5 Å². The molecule has 0 heterocycles. The molecular formula is C16H17ClN2O3S. The molecule has 0 aliphatic rings. The lowest BCUT2D eigenvalue weighted by molar-refractivity contribution is 0.324. The monoisotopic (exact) mass is 352 g/mol. The van der Waals surface area contributed by atoms with Gasteiger partial charge < -0.3 is 24.8 Å². The summed E-state index contributed by atoms with van der Waals surface area (Å²) in [7, 11) is 4.67. The molecule has 0 aromatic heterocycles. The molecule has 2 aromatic rings. The maximum atomic E-state index is 5.95. The van der Waals surface area contributed by atoms with E-state index in [9.17, 15) is 0 Å². The number of thiocarbonyl (C=S) groups is 1. The lowest BCUT2D eigenvalue weighted by Gasteiger charge is -2.16. The number of hydrogen-bond donors (Lipinski definition) is 2. The Hall–Kier alpha value is -2.18. The third-order valence-electron chi connectivity index (χ3n) is 3.01. The van der Waals surface area contributed by atoms with Crippen molar-refractivity contribution in [1.29, 1.82) is 0 Å². The highest BCUT2D eigenvalue weighted by Crippen LogP contribution is 2.39. The standard InChI is InChI=1S/C16H17ClN2O3S/c1-20-13-8-12(9-14(21-2)15(13)22-3)19-16(23)18-11-6-4-5-10(17)7-11/h4-9H,1-3H3,(H2,18,19,23). The minimum absolute atomic E-state index is 0.418. The molecule has 0 amide bonds. The Morgan fingerprint density at radius 2 is 1.52 bits per heavy atom. The molecule has 0 saturated heterocycles. The van der Waals surface area contributed by atoms with Crippen LogP contribution in [0, 0.1) is 0 Å². The summed E-state index contributed by atoms with van der Waals surface area (Å²) in [6, 6.07) is 10.8. The molecule has 0 fully saturated rings. The summed E-state index contributed by atoms with van der Waals surface area (Å²) in [5.41, 5.74) is 1.50. The van der Waals surface area contributed by atoms with E-state index in [4.69, 9.17) is 38.0 Å². The zero-order chi connectivity index (χ0) is 16.8. The third kappa shape index (κ3) is 4.40. The van der Waals surface area contributed by atoms with E-state index in [1.807, 2.05) is 12.1 Å². The molecule has 0 aliphatic carbocycles. The van der Waals surface area contributed by atoms with E-state index in [1.165, 1.54) is 0 Å². The second-order valence-electron chi connectivity index (χ2n) is 4.50. The van der Waals surface area contributed by atoms with Crippen molar-refractivity contribution >= 4 is 40.3 Å². The molecular weight excluding hydrogens is 336 g/mol. The largest absolute Gasteiger partial charge is 0.493 e. The Kier molecular flexibility index (Phi) is 5.90. The van der Waals surface area contributed by atoms with Crippen molar-refractivity contribution in [3.05, 3.63) is 41.4 Å². The van der Waals surface area contributed by atoms with Crippen molar-refractivity contribution in [1.82, 2.24) is 0 Å². The summed E-state index contributed by atoms with van der Waals surface area (Å²) in [6.45, 7) is 0. The van der Waals surface area contributed by atoms with Gasteiger partial charge in [-0.15, -0.1) is 0 Å². The Bertz CT molecular complexity index is 684. The van der Waals surface area contributed by atoms with Crippen LogP contribution in [-0.2, 0) is 0 Å². The van der Waals surface area contributed by atoms with Crippen LogP contribution in [0.5, 0.6) is 17.2 Å². The number of methoxy groups -OCH3 is 3. The van der Waals surface area contributed by atoms with Crippen molar-refractivity contribution in [3.8, 4) is 17.2 Å². The van der Waals surface area contributed by atoms with Gasteiger partial charge in [0.2, 0.25) is 5.75 Å². The van der Waals surface area contributed by atoms with Gasteiger partial charge in [-0.1, -0.05) is 17.7 Å². The molecule has 0 aliphatic heterocycles. The van der Waals surface area contributed by atoms with Crippen LogP contribution in [0.1, 0.15) is 0 Å². The summed E-state index contributed by atoms with van der Waals surface area (Å²) in [5.74, 6) is 1.61. The molecule has 0 spiro atoms. The number of hydrogen-bond acceptors (Lipinski definition) is 4.